The van der Waals surface area contributed by atoms with E-state index < -0.39 is 0 Å². The van der Waals surface area contributed by atoms with E-state index in [1.54, 1.807) is 6.92 Å². The van der Waals surface area contributed by atoms with Crippen LogP contribution in [0.4, 0.5) is 0 Å². The highest BCUT2D eigenvalue weighted by molar-refractivity contribution is 5.84. The van der Waals surface area contributed by atoms with Crippen molar-refractivity contribution in [1.29, 1.82) is 0 Å². The van der Waals surface area contributed by atoms with Gasteiger partial charge in [-0.3, -0.25) is 0 Å². The van der Waals surface area contributed by atoms with Crippen molar-refractivity contribution < 1.29 is 4.84 Å². The Morgan fingerprint density at radius 2 is 2.38 bits per heavy atom. The number of aliphatic imine (C=N–C) groups is 1. The summed E-state index contributed by atoms with van der Waals surface area (Å²) >= 11 is 0. The van der Waals surface area contributed by atoms with Crippen LogP contribution in [0.15, 0.2) is 10.1 Å². The van der Waals surface area contributed by atoms with Crippen LogP contribution in [0, 0.1) is 0 Å². The quantitative estimate of drug-likeness (QED) is 0.311. The summed E-state index contributed by atoms with van der Waals surface area (Å²) in [5.74, 6) is 0.464. The highest BCUT2D eigenvalue weighted by Crippen LogP contribution is 1.65. The van der Waals surface area contributed by atoms with Crippen molar-refractivity contribution in [2.45, 2.75) is 6.92 Å². The highest BCUT2D eigenvalue weighted by atomic mass is 16.6. The number of hydrogen-bond acceptors (Lipinski definition) is 2. The van der Waals surface area contributed by atoms with Crippen LogP contribution in [0.3, 0.4) is 0 Å². The van der Waals surface area contributed by atoms with Crippen LogP contribution < -0.4 is 5.73 Å². The fourth-order valence-corrected chi connectivity index (χ4v) is 0.162. The second kappa shape index (κ2) is 4.11. The molecule has 0 aromatic rings. The summed E-state index contributed by atoms with van der Waals surface area (Å²) < 4.78 is 0. The Morgan fingerprint density at radius 1 is 1.75 bits per heavy atom. The van der Waals surface area contributed by atoms with Crippen LogP contribution in [0.25, 0.3) is 0 Å². The predicted molar refractivity (Wildman–Crippen MR) is 32.8 cm³/mol. The molecule has 0 fully saturated rings. The number of amidine groups is 1. The summed E-state index contributed by atoms with van der Waals surface area (Å²) in [4.78, 5) is 7.89. The minimum absolute atomic E-state index is 0.464. The van der Waals surface area contributed by atoms with E-state index >= 15 is 0 Å². The Kier molecular flexibility index (Phi) is 3.56. The Labute approximate surface area is 48.0 Å². The Hall–Kier alpha value is -1.06. The maximum atomic E-state index is 5.14. The van der Waals surface area contributed by atoms with Crippen molar-refractivity contribution in [3.05, 3.63) is 0 Å². The van der Waals surface area contributed by atoms with Gasteiger partial charge >= 0.3 is 0 Å². The molecule has 0 rings (SSSR count). The maximum Gasteiger partial charge on any atom is 0.156 e. The van der Waals surface area contributed by atoms with Gasteiger partial charge in [0, 0.05) is 0 Å². The van der Waals surface area contributed by atoms with Crippen LogP contribution in [0.5, 0.6) is 0 Å². The molecular weight excluding hydrogens is 106 g/mol. The second-order valence-corrected chi connectivity index (χ2v) is 1.17. The molecule has 8 heavy (non-hydrogen) atoms. The highest BCUT2D eigenvalue weighted by Gasteiger charge is 1.69. The maximum absolute atomic E-state index is 5.14. The van der Waals surface area contributed by atoms with E-state index in [1.807, 2.05) is 0 Å². The monoisotopic (exact) mass is 115 g/mol. The van der Waals surface area contributed by atoms with E-state index in [4.69, 9.17) is 5.73 Å². The molecule has 0 unspecified atom stereocenters. The molecule has 0 aliphatic heterocycles. The standard InChI is InChI=1S/C4H9N3O/c1-4(5)6-3-7-8-2/h3H,1-2H3,(H2,5,6,7). The van der Waals surface area contributed by atoms with Crippen LogP contribution in [-0.4, -0.2) is 19.3 Å². The molecular formula is C4H9N3O. The molecule has 2 N–H and O–H groups in total. The number of nitrogens with two attached hydrogens (primary N) is 1. The molecule has 0 atom stereocenters. The zero-order chi connectivity index (χ0) is 6.41. The molecule has 0 spiro atoms. The Balaban J connectivity index is 3.42. The molecule has 0 aromatic carbocycles. The van der Waals surface area contributed by atoms with Crippen LogP contribution in [0.2, 0.25) is 0 Å². The molecule has 4 heteroatoms. The van der Waals surface area contributed by atoms with Crippen molar-refractivity contribution in [2.24, 2.45) is 15.9 Å². The first-order valence-corrected chi connectivity index (χ1v) is 2.12. The topological polar surface area (TPSA) is 60.0 Å². The molecule has 0 radical (unpaired) electrons. The normalized spacial score (nSPS) is 12.5. The van der Waals surface area contributed by atoms with E-state index in [-0.39, 0.29) is 0 Å². The fraction of sp³-hybridized carbons (Fsp3) is 0.500. The number of rotatable bonds is 2. The molecule has 0 aliphatic rings. The first-order valence-electron chi connectivity index (χ1n) is 2.12. The molecule has 0 saturated carbocycles. The van der Waals surface area contributed by atoms with Gasteiger partial charge in [0.05, 0.1) is 5.84 Å². The SMILES string of the molecule is CO/N=C\N=C(/C)N. The largest absolute Gasteiger partial charge is 0.398 e. The summed E-state index contributed by atoms with van der Waals surface area (Å²) in [7, 11) is 1.44. The van der Waals surface area contributed by atoms with Gasteiger partial charge in [-0.2, -0.15) is 0 Å². The van der Waals surface area contributed by atoms with E-state index in [2.05, 4.69) is 15.0 Å². The van der Waals surface area contributed by atoms with E-state index in [9.17, 15) is 0 Å². The van der Waals surface area contributed by atoms with E-state index in [1.165, 1.54) is 13.4 Å². The Morgan fingerprint density at radius 3 is 2.75 bits per heavy atom. The van der Waals surface area contributed by atoms with Gasteiger partial charge in [0.1, 0.15) is 7.11 Å². The predicted octanol–water partition coefficient (Wildman–Crippen LogP) is -0.0468. The van der Waals surface area contributed by atoms with Crippen molar-refractivity contribution in [2.75, 3.05) is 7.11 Å². The lowest BCUT2D eigenvalue weighted by Crippen LogP contribution is -2.04. The van der Waals surface area contributed by atoms with Gasteiger partial charge < -0.3 is 10.6 Å². The average Bonchev–Trinajstić information content (AvgIpc) is 1.66. The van der Waals surface area contributed by atoms with Crippen LogP contribution in [0.1, 0.15) is 6.92 Å². The van der Waals surface area contributed by atoms with E-state index in [0.717, 1.165) is 0 Å². The number of oxime groups is 1. The zero-order valence-electron chi connectivity index (χ0n) is 4.96. The van der Waals surface area contributed by atoms with Gasteiger partial charge in [0.25, 0.3) is 0 Å². The zero-order valence-corrected chi connectivity index (χ0v) is 4.96. The average molecular weight is 115 g/mol. The van der Waals surface area contributed by atoms with Crippen molar-refractivity contribution in [3.8, 4) is 0 Å². The van der Waals surface area contributed by atoms with Crippen molar-refractivity contribution in [3.63, 3.8) is 0 Å². The Bertz CT molecular complexity index is 104. The molecule has 46 valence electrons. The molecule has 4 nitrogen and oxygen atoms in total. The van der Waals surface area contributed by atoms with Crippen molar-refractivity contribution >= 4 is 12.2 Å². The summed E-state index contributed by atoms with van der Waals surface area (Å²) in [5.41, 5.74) is 5.14. The smallest absolute Gasteiger partial charge is 0.156 e. The van der Waals surface area contributed by atoms with E-state index in [0.29, 0.717) is 5.84 Å². The van der Waals surface area contributed by atoms with Crippen LogP contribution in [-0.2, 0) is 4.84 Å². The molecule has 0 amide bonds. The van der Waals surface area contributed by atoms with Gasteiger partial charge in [-0.05, 0) is 6.92 Å². The first-order chi connectivity index (χ1) is 3.77. The summed E-state index contributed by atoms with van der Waals surface area (Å²) in [6, 6.07) is 0. The number of nitrogens with zero attached hydrogens (tertiary/aromatic N) is 2. The molecule has 0 aromatic heterocycles. The first kappa shape index (κ1) is 6.94. The minimum Gasteiger partial charge on any atom is -0.398 e. The third-order valence-electron chi connectivity index (χ3n) is 0.414. The van der Waals surface area contributed by atoms with Crippen LogP contribution >= 0.6 is 0 Å². The lowest BCUT2D eigenvalue weighted by atomic mass is 10.7. The number of hydrogen-bond donors (Lipinski definition) is 1. The van der Waals surface area contributed by atoms with Crippen molar-refractivity contribution in [1.82, 2.24) is 0 Å². The summed E-state index contributed by atoms with van der Waals surface area (Å²) in [5, 5.41) is 3.32. The summed E-state index contributed by atoms with van der Waals surface area (Å²) in [6.07, 6.45) is 1.25. The van der Waals surface area contributed by atoms with Gasteiger partial charge in [-0.15, -0.1) is 0 Å². The molecule has 0 heterocycles. The van der Waals surface area contributed by atoms with Gasteiger partial charge in [0.15, 0.2) is 6.34 Å². The van der Waals surface area contributed by atoms with Gasteiger partial charge in [-0.25, -0.2) is 4.99 Å². The van der Waals surface area contributed by atoms with Gasteiger partial charge in [0.2, 0.25) is 0 Å². The summed E-state index contributed by atoms with van der Waals surface area (Å²) in [6.45, 7) is 1.67. The fourth-order valence-electron chi connectivity index (χ4n) is 0.162. The molecule has 0 aliphatic carbocycles. The van der Waals surface area contributed by atoms with Gasteiger partial charge in [-0.1, -0.05) is 5.16 Å². The lowest BCUT2D eigenvalue weighted by Gasteiger charge is -1.82. The third kappa shape index (κ3) is 4.94. The lowest BCUT2D eigenvalue weighted by molar-refractivity contribution is 0.215. The minimum atomic E-state index is 0.464. The molecule has 0 bridgehead atoms. The molecule has 0 saturated heterocycles. The third-order valence-corrected chi connectivity index (χ3v) is 0.414. The second-order valence-electron chi connectivity index (χ2n) is 1.17.